The second-order valence-electron chi connectivity index (χ2n) is 6.51. The van der Waals surface area contributed by atoms with Crippen molar-refractivity contribution in [2.45, 2.75) is 46.6 Å². The van der Waals surface area contributed by atoms with Gasteiger partial charge in [0.15, 0.2) is 5.96 Å². The predicted molar refractivity (Wildman–Crippen MR) is 101 cm³/mol. The molecule has 5 nitrogen and oxygen atoms in total. The molecule has 0 spiro atoms. The Labute approximate surface area is 145 Å². The Bertz CT molecular complexity index is 467. The average molecular weight is 340 g/mol. The number of nitrogens with one attached hydrogen (secondary N) is 2. The van der Waals surface area contributed by atoms with E-state index in [-0.39, 0.29) is 0 Å². The van der Waals surface area contributed by atoms with E-state index in [1.807, 2.05) is 6.20 Å². The highest BCUT2D eigenvalue weighted by molar-refractivity contribution is 7.11. The van der Waals surface area contributed by atoms with Gasteiger partial charge in [0, 0.05) is 36.6 Å². The van der Waals surface area contributed by atoms with E-state index in [1.165, 1.54) is 9.88 Å². The Morgan fingerprint density at radius 3 is 2.61 bits per heavy atom. The third-order valence-corrected chi connectivity index (χ3v) is 4.55. The fourth-order valence-electron chi connectivity index (χ4n) is 2.34. The van der Waals surface area contributed by atoms with Crippen LogP contribution >= 0.6 is 11.3 Å². The van der Waals surface area contributed by atoms with Crippen LogP contribution < -0.4 is 10.6 Å². The zero-order valence-electron chi connectivity index (χ0n) is 15.5. The number of hydrogen-bond donors (Lipinski definition) is 2. The van der Waals surface area contributed by atoms with Crippen molar-refractivity contribution in [3.05, 3.63) is 16.1 Å². The molecular weight excluding hydrogens is 306 g/mol. The third-order valence-electron chi connectivity index (χ3n) is 3.58. The van der Waals surface area contributed by atoms with Gasteiger partial charge in [-0.3, -0.25) is 4.99 Å². The summed E-state index contributed by atoms with van der Waals surface area (Å²) in [4.78, 5) is 12.7. The average Bonchev–Trinajstić information content (AvgIpc) is 2.88. The Balaban J connectivity index is 2.50. The van der Waals surface area contributed by atoms with Crippen LogP contribution in [-0.4, -0.2) is 55.6 Å². The van der Waals surface area contributed by atoms with Crippen LogP contribution in [0, 0.1) is 12.8 Å². The number of aliphatic imine (C=N–C) groups is 1. The normalized spacial score (nSPS) is 13.7. The number of aryl methyl sites for hydroxylation is 1. The van der Waals surface area contributed by atoms with Crippen LogP contribution in [0.15, 0.2) is 11.2 Å². The molecule has 0 aliphatic rings. The Kier molecular flexibility index (Phi) is 9.17. The Hall–Kier alpha value is -1.14. The van der Waals surface area contributed by atoms with Crippen molar-refractivity contribution in [2.24, 2.45) is 10.9 Å². The van der Waals surface area contributed by atoms with Crippen LogP contribution in [0.5, 0.6) is 0 Å². The molecule has 0 aromatic carbocycles. The quantitative estimate of drug-likeness (QED) is 0.536. The van der Waals surface area contributed by atoms with Crippen molar-refractivity contribution in [3.8, 4) is 0 Å². The first-order valence-electron chi connectivity index (χ1n) is 8.52. The van der Waals surface area contributed by atoms with Crippen LogP contribution in [0.4, 0.5) is 0 Å². The zero-order chi connectivity index (χ0) is 17.2. The first-order valence-corrected chi connectivity index (χ1v) is 9.33. The molecule has 0 aliphatic heterocycles. The van der Waals surface area contributed by atoms with Gasteiger partial charge >= 0.3 is 0 Å². The summed E-state index contributed by atoms with van der Waals surface area (Å²) in [7, 11) is 4.27. The molecule has 1 unspecified atom stereocenters. The molecule has 1 heterocycles. The van der Waals surface area contributed by atoms with E-state index in [0.29, 0.717) is 12.0 Å². The highest BCUT2D eigenvalue weighted by Crippen LogP contribution is 2.11. The molecular formula is C17H33N5S. The number of guanidine groups is 1. The van der Waals surface area contributed by atoms with Crippen molar-refractivity contribution in [1.29, 1.82) is 0 Å². The molecule has 0 fully saturated rings. The fraction of sp³-hybridized carbons (Fsp3) is 0.765. The molecule has 1 atom stereocenters. The van der Waals surface area contributed by atoms with Crippen molar-refractivity contribution in [1.82, 2.24) is 20.5 Å². The molecule has 0 saturated heterocycles. The van der Waals surface area contributed by atoms with Gasteiger partial charge in [-0.2, -0.15) is 0 Å². The molecule has 6 heteroatoms. The van der Waals surface area contributed by atoms with Crippen LogP contribution in [0.3, 0.4) is 0 Å². The zero-order valence-corrected chi connectivity index (χ0v) is 16.3. The summed E-state index contributed by atoms with van der Waals surface area (Å²) in [5.41, 5.74) is 0. The van der Waals surface area contributed by atoms with E-state index >= 15 is 0 Å². The number of rotatable bonds is 9. The minimum atomic E-state index is 0.479. The molecule has 1 rings (SSSR count). The summed E-state index contributed by atoms with van der Waals surface area (Å²) in [6.07, 6.45) is 4.03. The van der Waals surface area contributed by atoms with Gasteiger partial charge in [-0.15, -0.1) is 11.3 Å². The van der Waals surface area contributed by atoms with Crippen molar-refractivity contribution < 1.29 is 0 Å². The maximum Gasteiger partial charge on any atom is 0.191 e. The minimum Gasteiger partial charge on any atom is -0.357 e. The standard InChI is InChI=1S/C17H33N5S/c1-7-18-17(19-9-8-16-20-11-14(4)23-16)21-12-15(22(5)6)10-13(2)3/h11,13,15H,7-10,12H2,1-6H3,(H2,18,19,21). The molecule has 0 saturated carbocycles. The highest BCUT2D eigenvalue weighted by Gasteiger charge is 2.13. The summed E-state index contributed by atoms with van der Waals surface area (Å²) in [6.45, 7) is 11.3. The van der Waals surface area contributed by atoms with E-state index in [4.69, 9.17) is 4.99 Å². The largest absolute Gasteiger partial charge is 0.357 e. The summed E-state index contributed by atoms with van der Waals surface area (Å²) in [5.74, 6) is 1.58. The van der Waals surface area contributed by atoms with Gasteiger partial charge < -0.3 is 15.5 Å². The van der Waals surface area contributed by atoms with Gasteiger partial charge in [-0.05, 0) is 40.3 Å². The fourth-order valence-corrected chi connectivity index (χ4v) is 3.12. The lowest BCUT2D eigenvalue weighted by Crippen LogP contribution is -2.40. The lowest BCUT2D eigenvalue weighted by molar-refractivity contribution is 0.261. The third kappa shape index (κ3) is 8.32. The van der Waals surface area contributed by atoms with Crippen molar-refractivity contribution in [2.75, 3.05) is 33.7 Å². The molecule has 0 radical (unpaired) electrons. The topological polar surface area (TPSA) is 52.6 Å². The molecule has 1 aromatic heterocycles. The lowest BCUT2D eigenvalue weighted by Gasteiger charge is -2.24. The van der Waals surface area contributed by atoms with Gasteiger partial charge in [-0.25, -0.2) is 4.98 Å². The van der Waals surface area contributed by atoms with E-state index in [1.54, 1.807) is 11.3 Å². The summed E-state index contributed by atoms with van der Waals surface area (Å²) in [6, 6.07) is 0.479. The maximum absolute atomic E-state index is 4.76. The molecule has 0 aliphatic carbocycles. The van der Waals surface area contributed by atoms with Crippen molar-refractivity contribution in [3.63, 3.8) is 0 Å². The van der Waals surface area contributed by atoms with Gasteiger partial charge in [0.05, 0.1) is 11.6 Å². The molecule has 23 heavy (non-hydrogen) atoms. The van der Waals surface area contributed by atoms with Crippen LogP contribution in [0.2, 0.25) is 0 Å². The minimum absolute atomic E-state index is 0.479. The van der Waals surface area contributed by atoms with E-state index < -0.39 is 0 Å². The van der Waals surface area contributed by atoms with E-state index in [2.05, 4.69) is 62.3 Å². The smallest absolute Gasteiger partial charge is 0.191 e. The monoisotopic (exact) mass is 339 g/mol. The second-order valence-corrected chi connectivity index (χ2v) is 7.83. The van der Waals surface area contributed by atoms with Crippen LogP contribution in [0.25, 0.3) is 0 Å². The predicted octanol–water partition coefficient (Wildman–Crippen LogP) is 2.53. The first-order chi connectivity index (χ1) is 10.9. The van der Waals surface area contributed by atoms with E-state index in [0.717, 1.165) is 38.4 Å². The molecule has 1 aromatic rings. The van der Waals surface area contributed by atoms with Gasteiger partial charge in [0.2, 0.25) is 0 Å². The van der Waals surface area contributed by atoms with Crippen LogP contribution in [0.1, 0.15) is 37.1 Å². The summed E-state index contributed by atoms with van der Waals surface area (Å²) in [5, 5.41) is 7.92. The Morgan fingerprint density at radius 2 is 2.09 bits per heavy atom. The van der Waals surface area contributed by atoms with Crippen LogP contribution in [-0.2, 0) is 6.42 Å². The van der Waals surface area contributed by atoms with E-state index in [9.17, 15) is 0 Å². The molecule has 2 N–H and O–H groups in total. The number of thiazole rings is 1. The maximum atomic E-state index is 4.76. The lowest BCUT2D eigenvalue weighted by atomic mass is 10.0. The van der Waals surface area contributed by atoms with Crippen molar-refractivity contribution >= 4 is 17.3 Å². The number of hydrogen-bond acceptors (Lipinski definition) is 4. The summed E-state index contributed by atoms with van der Waals surface area (Å²) < 4.78 is 0. The molecule has 0 bridgehead atoms. The SMILES string of the molecule is CCNC(=NCC(CC(C)C)N(C)C)NCCc1ncc(C)s1. The highest BCUT2D eigenvalue weighted by atomic mass is 32.1. The van der Waals surface area contributed by atoms with Gasteiger partial charge in [0.1, 0.15) is 0 Å². The first kappa shape index (κ1) is 19.9. The van der Waals surface area contributed by atoms with Gasteiger partial charge in [-0.1, -0.05) is 13.8 Å². The number of likely N-dealkylation sites (N-methyl/N-ethyl adjacent to an activating group) is 1. The second kappa shape index (κ2) is 10.6. The number of aromatic nitrogens is 1. The molecule has 132 valence electrons. The Morgan fingerprint density at radius 1 is 1.35 bits per heavy atom. The number of nitrogens with zero attached hydrogens (tertiary/aromatic N) is 3. The van der Waals surface area contributed by atoms with Gasteiger partial charge in [0.25, 0.3) is 0 Å². The summed E-state index contributed by atoms with van der Waals surface area (Å²) >= 11 is 1.76. The molecule has 0 amide bonds.